The van der Waals surface area contributed by atoms with Crippen LogP contribution in [0.3, 0.4) is 0 Å². The number of alkyl halides is 3. The molecule has 0 fully saturated rings. The van der Waals surface area contributed by atoms with Gasteiger partial charge in [0.1, 0.15) is 12.4 Å². The Morgan fingerprint density at radius 1 is 0.824 bits per heavy atom. The van der Waals surface area contributed by atoms with Gasteiger partial charge in [0.25, 0.3) is 0 Å². The predicted molar refractivity (Wildman–Crippen MR) is 131 cm³/mol. The number of rotatable bonds is 10. The van der Waals surface area contributed by atoms with E-state index in [1.807, 2.05) is 73.6 Å². The second-order valence-corrected chi connectivity index (χ2v) is 8.30. The van der Waals surface area contributed by atoms with Crippen LogP contribution < -0.4 is 4.74 Å². The van der Waals surface area contributed by atoms with Crippen molar-refractivity contribution in [2.45, 2.75) is 19.0 Å². The van der Waals surface area contributed by atoms with Crippen molar-refractivity contribution in [1.29, 1.82) is 0 Å². The normalized spacial score (nSPS) is 12.6. The lowest BCUT2D eigenvalue weighted by molar-refractivity contribution is -0.137. The van der Waals surface area contributed by atoms with Crippen molar-refractivity contribution in [3.05, 3.63) is 101 Å². The molecule has 34 heavy (non-hydrogen) atoms. The van der Waals surface area contributed by atoms with Crippen LogP contribution in [0.15, 0.2) is 78.9 Å². The molecule has 3 nitrogen and oxygen atoms in total. The number of ether oxygens (including phenoxy) is 1. The Kier molecular flexibility index (Phi) is 8.91. The first kappa shape index (κ1) is 25.5. The maximum absolute atomic E-state index is 13.2. The summed E-state index contributed by atoms with van der Waals surface area (Å²) < 4.78 is 45.3. The molecular weight excluding hydrogens is 439 g/mol. The van der Waals surface area contributed by atoms with Crippen molar-refractivity contribution in [2.24, 2.45) is 0 Å². The summed E-state index contributed by atoms with van der Waals surface area (Å²) in [6.07, 6.45) is -3.27. The molecular formula is C28H30F3NO2. The molecule has 0 aliphatic carbocycles. The number of allylic oxidation sites excluding steroid dienone is 1. The van der Waals surface area contributed by atoms with E-state index in [1.54, 1.807) is 0 Å². The summed E-state index contributed by atoms with van der Waals surface area (Å²) in [6.45, 7) is 1.37. The van der Waals surface area contributed by atoms with Gasteiger partial charge in [-0.2, -0.15) is 13.2 Å². The number of nitrogens with zero attached hydrogens (tertiary/aromatic N) is 1. The van der Waals surface area contributed by atoms with E-state index < -0.39 is 11.7 Å². The maximum Gasteiger partial charge on any atom is 0.416 e. The van der Waals surface area contributed by atoms with Crippen molar-refractivity contribution in [2.75, 3.05) is 33.9 Å². The average Bonchev–Trinajstić information content (AvgIpc) is 2.82. The fourth-order valence-electron chi connectivity index (χ4n) is 3.71. The lowest BCUT2D eigenvalue weighted by Gasteiger charge is -2.18. The smallest absolute Gasteiger partial charge is 0.416 e. The van der Waals surface area contributed by atoms with Crippen molar-refractivity contribution in [1.82, 2.24) is 4.90 Å². The van der Waals surface area contributed by atoms with Crippen LogP contribution in [-0.4, -0.2) is 43.9 Å². The van der Waals surface area contributed by atoms with E-state index in [4.69, 9.17) is 4.74 Å². The van der Waals surface area contributed by atoms with Crippen LogP contribution in [0.4, 0.5) is 13.2 Å². The molecule has 6 heteroatoms. The Balaban J connectivity index is 2.09. The predicted octanol–water partition coefficient (Wildman–Crippen LogP) is 6.38. The molecule has 180 valence electrons. The molecule has 3 aromatic carbocycles. The van der Waals surface area contributed by atoms with Crippen molar-refractivity contribution < 1.29 is 23.0 Å². The topological polar surface area (TPSA) is 32.7 Å². The first-order chi connectivity index (χ1) is 16.3. The molecule has 3 rings (SSSR count). The fourth-order valence-corrected chi connectivity index (χ4v) is 3.71. The first-order valence-electron chi connectivity index (χ1n) is 11.2. The minimum Gasteiger partial charge on any atom is -0.492 e. The molecule has 0 bridgehead atoms. The van der Waals surface area contributed by atoms with Gasteiger partial charge < -0.3 is 14.7 Å². The third kappa shape index (κ3) is 6.95. The highest BCUT2D eigenvalue weighted by Gasteiger charge is 2.30. The van der Waals surface area contributed by atoms with Gasteiger partial charge in [-0.1, -0.05) is 54.6 Å². The van der Waals surface area contributed by atoms with Gasteiger partial charge in [0.15, 0.2) is 0 Å². The van der Waals surface area contributed by atoms with E-state index in [2.05, 4.69) is 0 Å². The number of hydrogen-bond donors (Lipinski definition) is 1. The zero-order chi connectivity index (χ0) is 24.6. The van der Waals surface area contributed by atoms with E-state index in [-0.39, 0.29) is 6.61 Å². The van der Waals surface area contributed by atoms with Gasteiger partial charge in [-0.3, -0.25) is 0 Å². The third-order valence-corrected chi connectivity index (χ3v) is 5.46. The Labute approximate surface area is 199 Å². The zero-order valence-electron chi connectivity index (χ0n) is 19.5. The average molecular weight is 470 g/mol. The molecule has 0 amide bonds. The molecule has 3 aromatic rings. The van der Waals surface area contributed by atoms with E-state index in [1.165, 1.54) is 12.1 Å². The minimum absolute atomic E-state index is 0.0231. The highest BCUT2D eigenvalue weighted by atomic mass is 19.4. The summed E-state index contributed by atoms with van der Waals surface area (Å²) in [5.74, 6) is 0.731. The third-order valence-electron chi connectivity index (χ3n) is 5.46. The van der Waals surface area contributed by atoms with Crippen LogP contribution in [0.5, 0.6) is 5.75 Å². The number of hydrogen-bond acceptors (Lipinski definition) is 3. The fraction of sp³-hybridized carbons (Fsp3) is 0.286. The van der Waals surface area contributed by atoms with Gasteiger partial charge in [0.2, 0.25) is 0 Å². The standard InChI is InChI=1S/C28H30F3NO2/c1-32(2)18-20-34-25-16-12-23(13-17-25)27(22-10-14-24(15-11-22)28(29,30)31)26(9-6-19-33)21-7-4-3-5-8-21/h3-5,7-8,10-17,33H,6,9,18-20H2,1-2H3/b27-26-. The monoisotopic (exact) mass is 469 g/mol. The molecule has 0 atom stereocenters. The Morgan fingerprint density at radius 3 is 1.94 bits per heavy atom. The molecule has 0 saturated heterocycles. The molecule has 0 aromatic heterocycles. The van der Waals surface area contributed by atoms with Gasteiger partial charge >= 0.3 is 6.18 Å². The van der Waals surface area contributed by atoms with E-state index >= 15 is 0 Å². The summed E-state index contributed by atoms with van der Waals surface area (Å²) in [5, 5.41) is 9.50. The van der Waals surface area contributed by atoms with Crippen molar-refractivity contribution in [3.8, 4) is 5.75 Å². The molecule has 0 saturated carbocycles. The van der Waals surface area contributed by atoms with E-state index in [0.717, 1.165) is 46.7 Å². The Hall–Kier alpha value is -3.09. The van der Waals surface area contributed by atoms with Crippen LogP contribution in [0.25, 0.3) is 11.1 Å². The minimum atomic E-state index is -4.40. The molecule has 0 radical (unpaired) electrons. The van der Waals surface area contributed by atoms with Crippen LogP contribution in [-0.2, 0) is 6.18 Å². The molecule has 0 spiro atoms. The van der Waals surface area contributed by atoms with E-state index in [0.29, 0.717) is 25.0 Å². The Bertz CT molecular complexity index is 1060. The molecule has 0 aliphatic rings. The second kappa shape index (κ2) is 11.9. The first-order valence-corrected chi connectivity index (χ1v) is 11.2. The van der Waals surface area contributed by atoms with Gasteiger partial charge in [-0.05, 0) is 79.0 Å². The quantitative estimate of drug-likeness (QED) is 0.350. The number of aliphatic hydroxyl groups excluding tert-OH is 1. The summed E-state index contributed by atoms with van der Waals surface area (Å²) in [4.78, 5) is 2.03. The summed E-state index contributed by atoms with van der Waals surface area (Å²) >= 11 is 0. The molecule has 1 N–H and O–H groups in total. The molecule has 0 aliphatic heterocycles. The van der Waals surface area contributed by atoms with E-state index in [9.17, 15) is 18.3 Å². The second-order valence-electron chi connectivity index (χ2n) is 8.30. The van der Waals surface area contributed by atoms with Gasteiger partial charge in [0, 0.05) is 13.2 Å². The van der Waals surface area contributed by atoms with Crippen LogP contribution in [0.1, 0.15) is 35.1 Å². The number of likely N-dealkylation sites (N-methyl/N-ethyl adjacent to an activating group) is 1. The maximum atomic E-state index is 13.2. The molecule has 0 heterocycles. The Morgan fingerprint density at radius 2 is 1.41 bits per heavy atom. The van der Waals surface area contributed by atoms with Gasteiger partial charge in [0.05, 0.1) is 5.56 Å². The van der Waals surface area contributed by atoms with Crippen molar-refractivity contribution in [3.63, 3.8) is 0 Å². The largest absolute Gasteiger partial charge is 0.492 e. The number of halogens is 3. The SMILES string of the molecule is CN(C)CCOc1ccc(/C(=C(/CCCO)c2ccccc2)c2ccc(C(F)(F)F)cc2)cc1. The van der Waals surface area contributed by atoms with Gasteiger partial charge in [-0.25, -0.2) is 0 Å². The highest BCUT2D eigenvalue weighted by molar-refractivity contribution is 5.98. The number of benzene rings is 3. The van der Waals surface area contributed by atoms with Crippen LogP contribution in [0.2, 0.25) is 0 Å². The van der Waals surface area contributed by atoms with Crippen LogP contribution in [0, 0.1) is 0 Å². The summed E-state index contributed by atoms with van der Waals surface area (Å²) in [5.41, 5.74) is 3.65. The van der Waals surface area contributed by atoms with Gasteiger partial charge in [-0.15, -0.1) is 0 Å². The lowest BCUT2D eigenvalue weighted by Crippen LogP contribution is -2.19. The number of aliphatic hydroxyl groups is 1. The van der Waals surface area contributed by atoms with Crippen molar-refractivity contribution >= 4 is 11.1 Å². The highest BCUT2D eigenvalue weighted by Crippen LogP contribution is 2.37. The lowest BCUT2D eigenvalue weighted by atomic mass is 9.87. The zero-order valence-corrected chi connectivity index (χ0v) is 19.5. The summed E-state index contributed by atoms with van der Waals surface area (Å²) in [7, 11) is 3.95. The molecule has 0 unspecified atom stereocenters. The van der Waals surface area contributed by atoms with Crippen LogP contribution >= 0.6 is 0 Å². The summed E-state index contributed by atoms with van der Waals surface area (Å²) in [6, 6.07) is 22.6.